The Hall–Kier alpha value is -1.86. The van der Waals surface area contributed by atoms with Gasteiger partial charge in [0.15, 0.2) is 0 Å². The fourth-order valence-corrected chi connectivity index (χ4v) is 4.34. The molecule has 0 N–H and O–H groups in total. The van der Waals surface area contributed by atoms with Crippen molar-refractivity contribution in [3.05, 3.63) is 40.5 Å². The van der Waals surface area contributed by atoms with Gasteiger partial charge in [0, 0.05) is 13.1 Å². The average Bonchev–Trinajstić information content (AvgIpc) is 2.93. The highest BCUT2D eigenvalue weighted by Crippen LogP contribution is 2.28. The molecule has 0 spiro atoms. The van der Waals surface area contributed by atoms with Crippen LogP contribution in [-0.2, 0) is 9.84 Å². The minimum Gasteiger partial charge on any atom is -0.323 e. The zero-order chi connectivity index (χ0) is 18.1. The molecule has 6 nitrogen and oxygen atoms in total. The van der Waals surface area contributed by atoms with Gasteiger partial charge in [-0.05, 0) is 44.9 Å². The first kappa shape index (κ1) is 18.5. The Kier molecular flexibility index (Phi) is 5.35. The molecule has 0 atom stereocenters. The van der Waals surface area contributed by atoms with Crippen molar-refractivity contribution in [2.24, 2.45) is 0 Å². The molecule has 1 aromatic carbocycles. The molecule has 1 heterocycles. The van der Waals surface area contributed by atoms with Crippen LogP contribution < -0.4 is 0 Å². The molecule has 0 aliphatic carbocycles. The van der Waals surface area contributed by atoms with Crippen LogP contribution in [-0.4, -0.2) is 42.2 Å². The second-order valence-electron chi connectivity index (χ2n) is 5.45. The van der Waals surface area contributed by atoms with Gasteiger partial charge in [0.25, 0.3) is 0 Å². The Labute approximate surface area is 147 Å². The van der Waals surface area contributed by atoms with Crippen molar-refractivity contribution in [2.75, 3.05) is 13.1 Å². The van der Waals surface area contributed by atoms with Gasteiger partial charge in [-0.25, -0.2) is 13.2 Å². The lowest BCUT2D eigenvalue weighted by Gasteiger charge is -2.17. The summed E-state index contributed by atoms with van der Waals surface area (Å²) in [5.41, 5.74) is 1.41. The number of sulfone groups is 1. The van der Waals surface area contributed by atoms with Gasteiger partial charge in [-0.3, -0.25) is 0 Å². The lowest BCUT2D eigenvalue weighted by molar-refractivity contribution is 0.201. The maximum absolute atomic E-state index is 12.9. The van der Waals surface area contributed by atoms with E-state index in [4.69, 9.17) is 11.6 Å². The van der Waals surface area contributed by atoms with Gasteiger partial charge in [0.1, 0.15) is 0 Å². The minimum atomic E-state index is -3.91. The van der Waals surface area contributed by atoms with Crippen molar-refractivity contribution >= 4 is 27.5 Å². The molecule has 0 aliphatic heterocycles. The van der Waals surface area contributed by atoms with Crippen LogP contribution in [0.4, 0.5) is 4.79 Å². The summed E-state index contributed by atoms with van der Waals surface area (Å²) in [7, 11) is -3.91. The third kappa shape index (κ3) is 3.32. The summed E-state index contributed by atoms with van der Waals surface area (Å²) in [5, 5.41) is 3.57. The first-order chi connectivity index (χ1) is 11.2. The van der Waals surface area contributed by atoms with Gasteiger partial charge < -0.3 is 4.90 Å². The zero-order valence-corrected chi connectivity index (χ0v) is 15.6. The summed E-state index contributed by atoms with van der Waals surface area (Å²) in [6.07, 6.45) is 1.24. The first-order valence-corrected chi connectivity index (χ1v) is 9.45. The molecule has 2 rings (SSSR count). The predicted molar refractivity (Wildman–Crippen MR) is 92.3 cm³/mol. The molecule has 130 valence electrons. The van der Waals surface area contributed by atoms with E-state index >= 15 is 0 Å². The van der Waals surface area contributed by atoms with E-state index in [-0.39, 0.29) is 14.9 Å². The smallest absolute Gasteiger partial charge is 0.323 e. The van der Waals surface area contributed by atoms with Crippen LogP contribution in [0.15, 0.2) is 34.3 Å². The van der Waals surface area contributed by atoms with Crippen molar-refractivity contribution in [1.29, 1.82) is 0 Å². The summed E-state index contributed by atoms with van der Waals surface area (Å²) in [5.74, 6) is 0. The van der Waals surface area contributed by atoms with E-state index in [1.165, 1.54) is 11.1 Å². The summed E-state index contributed by atoms with van der Waals surface area (Å²) in [6.45, 7) is 8.17. The molecule has 24 heavy (non-hydrogen) atoms. The van der Waals surface area contributed by atoms with E-state index in [0.717, 1.165) is 10.2 Å². The SMILES string of the molecule is CCN(CC)C(=O)n1cc(Cl)c(S(=O)(=O)c2cc(C)ccc2C)n1. The van der Waals surface area contributed by atoms with E-state index in [9.17, 15) is 13.2 Å². The molecule has 0 bridgehead atoms. The molecule has 1 aromatic heterocycles. The number of aryl methyl sites for hydroxylation is 2. The van der Waals surface area contributed by atoms with Crippen molar-refractivity contribution in [3.8, 4) is 0 Å². The lowest BCUT2D eigenvalue weighted by atomic mass is 10.2. The van der Waals surface area contributed by atoms with Crippen molar-refractivity contribution in [2.45, 2.75) is 37.6 Å². The fourth-order valence-electron chi connectivity index (χ4n) is 2.36. The average molecular weight is 370 g/mol. The second kappa shape index (κ2) is 6.94. The van der Waals surface area contributed by atoms with E-state index in [1.54, 1.807) is 19.1 Å². The van der Waals surface area contributed by atoms with Crippen molar-refractivity contribution in [3.63, 3.8) is 0 Å². The van der Waals surface area contributed by atoms with Gasteiger partial charge in [0.2, 0.25) is 14.9 Å². The summed E-state index contributed by atoms with van der Waals surface area (Å²) >= 11 is 6.07. The molecule has 0 fully saturated rings. The largest absolute Gasteiger partial charge is 0.344 e. The molecule has 2 aromatic rings. The van der Waals surface area contributed by atoms with Gasteiger partial charge in [-0.2, -0.15) is 9.78 Å². The van der Waals surface area contributed by atoms with Gasteiger partial charge in [-0.1, -0.05) is 23.7 Å². The number of amides is 1. The number of benzene rings is 1. The molecule has 8 heteroatoms. The lowest BCUT2D eigenvalue weighted by Crippen LogP contribution is -2.34. The van der Waals surface area contributed by atoms with Gasteiger partial charge in [0.05, 0.1) is 16.1 Å². The van der Waals surface area contributed by atoms with Crippen molar-refractivity contribution < 1.29 is 13.2 Å². The molecule has 0 radical (unpaired) electrons. The maximum Gasteiger partial charge on any atom is 0.344 e. The van der Waals surface area contributed by atoms with Crippen LogP contribution in [0.2, 0.25) is 5.02 Å². The van der Waals surface area contributed by atoms with E-state index in [0.29, 0.717) is 18.7 Å². The highest BCUT2D eigenvalue weighted by Gasteiger charge is 2.28. The van der Waals surface area contributed by atoms with Gasteiger partial charge >= 0.3 is 6.03 Å². The summed E-state index contributed by atoms with van der Waals surface area (Å²) in [6, 6.07) is 4.73. The highest BCUT2D eigenvalue weighted by molar-refractivity contribution is 7.91. The molecule has 0 saturated carbocycles. The Bertz CT molecular complexity index is 871. The standard InChI is InChI=1S/C16H20ClN3O3S/c1-5-19(6-2)16(21)20-10-13(17)15(18-20)24(22,23)14-9-11(3)7-8-12(14)4/h7-10H,5-6H2,1-4H3. The van der Waals surface area contributed by atoms with E-state index in [2.05, 4.69) is 5.10 Å². The number of hydrogen-bond donors (Lipinski definition) is 0. The third-order valence-corrected chi connectivity index (χ3v) is 5.97. The molecule has 0 saturated heterocycles. The maximum atomic E-state index is 12.9. The van der Waals surface area contributed by atoms with Crippen LogP contribution in [0, 0.1) is 13.8 Å². The van der Waals surface area contributed by atoms with Gasteiger partial charge in [-0.15, -0.1) is 0 Å². The minimum absolute atomic E-state index is 0.0728. The normalized spacial score (nSPS) is 11.5. The molecule has 1 amide bonds. The van der Waals surface area contributed by atoms with Crippen LogP contribution in [0.3, 0.4) is 0 Å². The number of rotatable bonds is 4. The Balaban J connectivity index is 2.53. The third-order valence-electron chi connectivity index (χ3n) is 3.76. The summed E-state index contributed by atoms with van der Waals surface area (Å²) in [4.78, 5) is 14.0. The molecular weight excluding hydrogens is 350 g/mol. The topological polar surface area (TPSA) is 72.3 Å². The number of aromatic nitrogens is 2. The van der Waals surface area contributed by atoms with E-state index in [1.807, 2.05) is 26.8 Å². The number of carbonyl (C=O) groups is 1. The summed E-state index contributed by atoms with van der Waals surface area (Å²) < 4.78 is 26.8. The zero-order valence-electron chi connectivity index (χ0n) is 14.1. The van der Waals surface area contributed by atoms with E-state index < -0.39 is 15.9 Å². The Morgan fingerprint density at radius 3 is 2.46 bits per heavy atom. The van der Waals surface area contributed by atoms with Crippen LogP contribution in [0.25, 0.3) is 0 Å². The van der Waals surface area contributed by atoms with Crippen LogP contribution in [0.5, 0.6) is 0 Å². The second-order valence-corrected chi connectivity index (χ2v) is 7.69. The first-order valence-electron chi connectivity index (χ1n) is 7.59. The molecular formula is C16H20ClN3O3S. The van der Waals surface area contributed by atoms with Crippen LogP contribution in [0.1, 0.15) is 25.0 Å². The number of halogens is 1. The highest BCUT2D eigenvalue weighted by atomic mass is 35.5. The number of hydrogen-bond acceptors (Lipinski definition) is 4. The molecule has 0 aliphatic rings. The number of nitrogens with zero attached hydrogens (tertiary/aromatic N) is 3. The Morgan fingerprint density at radius 2 is 1.88 bits per heavy atom. The molecule has 0 unspecified atom stereocenters. The monoisotopic (exact) mass is 369 g/mol. The quantitative estimate of drug-likeness (QED) is 0.828. The van der Waals surface area contributed by atoms with Crippen molar-refractivity contribution in [1.82, 2.24) is 14.7 Å². The fraction of sp³-hybridized carbons (Fsp3) is 0.375. The van der Waals surface area contributed by atoms with Crippen LogP contribution >= 0.6 is 11.6 Å². The Morgan fingerprint density at radius 1 is 1.25 bits per heavy atom. The predicted octanol–water partition coefficient (Wildman–Crippen LogP) is 3.30. The number of carbonyl (C=O) groups excluding carboxylic acids is 1.